The first-order valence-corrected chi connectivity index (χ1v) is 16.2. The van der Waals surface area contributed by atoms with Crippen molar-refractivity contribution in [1.29, 1.82) is 0 Å². The molecule has 0 radical (unpaired) electrons. The minimum atomic E-state index is -1.15. The Kier molecular flexibility index (Phi) is 8.57. The number of ether oxygens (including phenoxy) is 2. The first kappa shape index (κ1) is 31.6. The third-order valence-corrected chi connectivity index (χ3v) is 10.6. The third kappa shape index (κ3) is 5.63. The number of para-hydroxylation sites is 1. The van der Waals surface area contributed by atoms with Crippen LogP contribution in [0.2, 0.25) is 0 Å². The number of carbonyl (C=O) groups excluding carboxylic acids is 2. The van der Waals surface area contributed by atoms with Crippen molar-refractivity contribution in [3.05, 3.63) is 89.4 Å². The van der Waals surface area contributed by atoms with Gasteiger partial charge >= 0.3 is 0 Å². The lowest BCUT2D eigenvalue weighted by atomic mass is 9.78. The average molecular weight is 626 g/mol. The Morgan fingerprint density at radius 3 is 2.41 bits per heavy atom. The third-order valence-electron chi connectivity index (χ3n) is 10.6. The van der Waals surface area contributed by atoms with Crippen LogP contribution >= 0.6 is 0 Å². The van der Waals surface area contributed by atoms with Gasteiger partial charge in [0.1, 0.15) is 22.9 Å². The van der Waals surface area contributed by atoms with Gasteiger partial charge in [0.25, 0.3) is 0 Å². The number of aromatic amines is 1. The van der Waals surface area contributed by atoms with Gasteiger partial charge in [-0.15, -0.1) is 0 Å². The van der Waals surface area contributed by atoms with Crippen molar-refractivity contribution in [3.8, 4) is 11.5 Å². The first-order chi connectivity index (χ1) is 22.1. The Labute approximate surface area is 270 Å². The topological polar surface area (TPSA) is 83.7 Å². The van der Waals surface area contributed by atoms with Crippen molar-refractivity contribution in [2.24, 2.45) is 11.3 Å². The van der Waals surface area contributed by atoms with Crippen LogP contribution in [0, 0.1) is 24.1 Å². The number of nitrogens with zero attached hydrogens (tertiary/aromatic N) is 1. The Balaban J connectivity index is 1.36. The van der Waals surface area contributed by atoms with E-state index in [9.17, 15) is 9.59 Å². The van der Waals surface area contributed by atoms with Gasteiger partial charge in [-0.3, -0.25) is 9.59 Å². The number of H-pyrrole nitrogens is 1. The van der Waals surface area contributed by atoms with E-state index in [0.717, 1.165) is 30.5 Å². The van der Waals surface area contributed by atoms with E-state index in [1.54, 1.807) is 48.4 Å². The van der Waals surface area contributed by atoms with Crippen LogP contribution in [-0.2, 0) is 16.1 Å². The summed E-state index contributed by atoms with van der Waals surface area (Å²) in [6.45, 7) is 6.55. The summed E-state index contributed by atoms with van der Waals surface area (Å²) in [6, 6.07) is 20.1. The lowest BCUT2D eigenvalue weighted by molar-refractivity contribution is -0.149. The molecular weight excluding hydrogens is 581 g/mol. The molecule has 3 aromatic carbocycles. The highest BCUT2D eigenvalue weighted by molar-refractivity contribution is 6.01. The Morgan fingerprint density at radius 1 is 0.978 bits per heavy atom. The van der Waals surface area contributed by atoms with Crippen LogP contribution in [0.15, 0.2) is 66.7 Å². The summed E-state index contributed by atoms with van der Waals surface area (Å²) in [5.41, 5.74) is 3.10. The molecular formula is C38H44FN3O4. The number of nitrogens with one attached hydrogen (secondary N) is 2. The van der Waals surface area contributed by atoms with Crippen LogP contribution in [0.4, 0.5) is 10.1 Å². The number of amides is 2. The number of fused-ring (bicyclic) bond motifs is 1. The molecule has 2 unspecified atom stereocenters. The maximum absolute atomic E-state index is 15.2. The monoisotopic (exact) mass is 625 g/mol. The molecule has 4 aromatic rings. The van der Waals surface area contributed by atoms with Gasteiger partial charge < -0.3 is 24.7 Å². The molecule has 0 spiro atoms. The maximum atomic E-state index is 15.2. The van der Waals surface area contributed by atoms with E-state index in [2.05, 4.69) is 43.2 Å². The molecule has 0 saturated heterocycles. The molecule has 7 nitrogen and oxygen atoms in total. The molecule has 8 heteroatoms. The van der Waals surface area contributed by atoms with Crippen molar-refractivity contribution in [1.82, 2.24) is 9.88 Å². The standard InChI is InChI=1S/C38H44FN3O4/c1-24-34(27-14-8-10-16-30(27)40-24)35-28(37(35,2)3)22-33(43)42(23-25-13-7-9-15-29(25)39)38(19-11-6-12-20-38)36(44)41-31-18-17-26(45-4)21-32(31)46-5/h7-10,13-18,21,28,35,40H,6,11-12,19-20,22-23H2,1-5H3,(H,41,44). The zero-order valence-electron chi connectivity index (χ0n) is 27.4. The zero-order valence-corrected chi connectivity index (χ0v) is 27.4. The molecule has 2 amide bonds. The molecule has 242 valence electrons. The molecule has 46 heavy (non-hydrogen) atoms. The molecule has 0 bridgehead atoms. The van der Waals surface area contributed by atoms with Crippen LogP contribution in [-0.4, -0.2) is 41.5 Å². The SMILES string of the molecule is COc1ccc(NC(=O)C2(N(Cc3ccccc3F)C(=O)CC3C(c4c(C)[nH]c5ccccc45)C3(C)C)CCCCC2)c(OC)c1. The molecule has 1 heterocycles. The van der Waals surface area contributed by atoms with E-state index < -0.39 is 5.54 Å². The number of anilines is 1. The van der Waals surface area contributed by atoms with Crippen LogP contribution < -0.4 is 14.8 Å². The summed E-state index contributed by atoms with van der Waals surface area (Å²) >= 11 is 0. The van der Waals surface area contributed by atoms with Gasteiger partial charge in [-0.2, -0.15) is 0 Å². The highest BCUT2D eigenvalue weighted by Gasteiger charge is 2.60. The molecule has 6 rings (SSSR count). The first-order valence-electron chi connectivity index (χ1n) is 16.2. The van der Waals surface area contributed by atoms with E-state index in [0.29, 0.717) is 35.6 Å². The zero-order chi connectivity index (χ0) is 32.6. The van der Waals surface area contributed by atoms with E-state index in [1.807, 2.05) is 12.1 Å². The summed E-state index contributed by atoms with van der Waals surface area (Å²) in [5.74, 6) is 0.531. The number of hydrogen-bond donors (Lipinski definition) is 2. The number of hydrogen-bond acceptors (Lipinski definition) is 4. The van der Waals surface area contributed by atoms with Crippen molar-refractivity contribution in [2.75, 3.05) is 19.5 Å². The molecule has 2 saturated carbocycles. The van der Waals surface area contributed by atoms with Crippen molar-refractivity contribution < 1.29 is 23.5 Å². The Morgan fingerprint density at radius 2 is 1.70 bits per heavy atom. The summed E-state index contributed by atoms with van der Waals surface area (Å²) in [4.78, 5) is 34.4. The smallest absolute Gasteiger partial charge is 0.250 e. The summed E-state index contributed by atoms with van der Waals surface area (Å²) < 4.78 is 26.1. The number of aromatic nitrogens is 1. The lowest BCUT2D eigenvalue weighted by Gasteiger charge is -2.45. The van der Waals surface area contributed by atoms with Crippen molar-refractivity contribution in [2.45, 2.75) is 77.3 Å². The van der Waals surface area contributed by atoms with Gasteiger partial charge in [-0.25, -0.2) is 4.39 Å². The van der Waals surface area contributed by atoms with Crippen LogP contribution in [0.1, 0.15) is 75.1 Å². The Hall–Kier alpha value is -4.33. The van der Waals surface area contributed by atoms with Crippen molar-refractivity contribution >= 4 is 28.4 Å². The van der Waals surface area contributed by atoms with E-state index >= 15 is 4.39 Å². The number of aryl methyl sites for hydroxylation is 1. The van der Waals surface area contributed by atoms with Crippen molar-refractivity contribution in [3.63, 3.8) is 0 Å². The fourth-order valence-corrected chi connectivity index (χ4v) is 7.87. The molecule has 2 aliphatic rings. The largest absolute Gasteiger partial charge is 0.497 e. The fourth-order valence-electron chi connectivity index (χ4n) is 7.87. The molecule has 1 aromatic heterocycles. The number of methoxy groups -OCH3 is 2. The second kappa shape index (κ2) is 12.5. The van der Waals surface area contributed by atoms with Gasteiger partial charge in [-0.05, 0) is 66.8 Å². The highest BCUT2D eigenvalue weighted by atomic mass is 19.1. The predicted molar refractivity (Wildman–Crippen MR) is 179 cm³/mol. The summed E-state index contributed by atoms with van der Waals surface area (Å²) in [7, 11) is 3.11. The van der Waals surface area contributed by atoms with Crippen LogP contribution in [0.5, 0.6) is 11.5 Å². The number of halogens is 1. The lowest BCUT2D eigenvalue weighted by Crippen LogP contribution is -2.59. The van der Waals surface area contributed by atoms with E-state index in [1.165, 1.54) is 24.1 Å². The number of benzene rings is 3. The quantitative estimate of drug-likeness (QED) is 0.186. The van der Waals surface area contributed by atoms with Gasteiger partial charge in [0.15, 0.2) is 0 Å². The molecule has 2 fully saturated rings. The second-order valence-electron chi connectivity index (χ2n) is 13.5. The Bertz CT molecular complexity index is 1760. The minimum Gasteiger partial charge on any atom is -0.497 e. The van der Waals surface area contributed by atoms with Gasteiger partial charge in [0.05, 0.1) is 19.9 Å². The summed E-state index contributed by atoms with van der Waals surface area (Å²) in [6.07, 6.45) is 3.82. The van der Waals surface area contributed by atoms with Crippen LogP contribution in [0.25, 0.3) is 10.9 Å². The fraction of sp³-hybridized carbons (Fsp3) is 0.421. The second-order valence-corrected chi connectivity index (χ2v) is 13.5. The summed E-state index contributed by atoms with van der Waals surface area (Å²) in [5, 5.41) is 4.28. The van der Waals surface area contributed by atoms with Gasteiger partial charge in [0.2, 0.25) is 11.8 Å². The van der Waals surface area contributed by atoms with Gasteiger partial charge in [-0.1, -0.05) is 69.5 Å². The number of rotatable bonds is 10. The molecule has 0 aliphatic heterocycles. The van der Waals surface area contributed by atoms with Gasteiger partial charge in [0, 0.05) is 41.2 Å². The highest BCUT2D eigenvalue weighted by Crippen LogP contribution is 2.67. The molecule has 2 atom stereocenters. The number of carbonyl (C=O) groups is 2. The van der Waals surface area contributed by atoms with Crippen LogP contribution in [0.3, 0.4) is 0 Å². The predicted octanol–water partition coefficient (Wildman–Crippen LogP) is 8.13. The minimum absolute atomic E-state index is 0.0165. The maximum Gasteiger partial charge on any atom is 0.250 e. The van der Waals surface area contributed by atoms with E-state index in [-0.39, 0.29) is 47.8 Å². The molecule has 2 N–H and O–H groups in total. The van der Waals surface area contributed by atoms with E-state index in [4.69, 9.17) is 9.47 Å². The normalized spacial score (nSPS) is 19.8. The average Bonchev–Trinajstić information content (AvgIpc) is 3.40. The molecule has 2 aliphatic carbocycles.